The van der Waals surface area contributed by atoms with Crippen LogP contribution < -0.4 is 4.74 Å². The maximum Gasteiger partial charge on any atom is 0.140 e. The molecule has 0 N–H and O–H groups in total. The van der Waals surface area contributed by atoms with Crippen LogP contribution in [-0.2, 0) is 17.6 Å². The molecule has 0 amide bonds. The molecule has 0 bridgehead atoms. The minimum absolute atomic E-state index is 0.314. The predicted octanol–water partition coefficient (Wildman–Crippen LogP) is 4.60. The highest BCUT2D eigenvalue weighted by atomic mass is 35.5. The number of carbonyl (C=O) groups excluding carboxylic acids is 1. The Morgan fingerprint density at radius 2 is 2.05 bits per heavy atom. The molecule has 0 radical (unpaired) electrons. The molecule has 1 aromatic rings. The Morgan fingerprint density at radius 1 is 1.35 bits per heavy atom. The molecule has 110 valence electrons. The number of hydrogen-bond donors (Lipinski definition) is 0. The SMILES string of the molecule is CCc1cc(CCC(=O)C2CCCC2)cc(Cl)c1OC. The summed E-state index contributed by atoms with van der Waals surface area (Å²) in [5.41, 5.74) is 2.25. The van der Waals surface area contributed by atoms with Gasteiger partial charge in [0.2, 0.25) is 0 Å². The summed E-state index contributed by atoms with van der Waals surface area (Å²) in [7, 11) is 1.64. The third-order valence-electron chi connectivity index (χ3n) is 4.24. The zero-order valence-corrected chi connectivity index (χ0v) is 13.1. The van der Waals surface area contributed by atoms with E-state index in [1.165, 1.54) is 12.8 Å². The molecule has 20 heavy (non-hydrogen) atoms. The molecular formula is C17H23ClO2. The van der Waals surface area contributed by atoms with Gasteiger partial charge in [0.1, 0.15) is 11.5 Å². The average molecular weight is 295 g/mol. The quantitative estimate of drug-likeness (QED) is 0.766. The second-order valence-corrected chi connectivity index (χ2v) is 5.98. The van der Waals surface area contributed by atoms with E-state index in [0.29, 0.717) is 23.1 Å². The Morgan fingerprint density at radius 3 is 2.65 bits per heavy atom. The first kappa shape index (κ1) is 15.4. The Bertz CT molecular complexity index is 476. The van der Waals surface area contributed by atoms with Crippen LogP contribution in [0, 0.1) is 5.92 Å². The predicted molar refractivity (Wildman–Crippen MR) is 82.7 cm³/mol. The molecule has 0 saturated heterocycles. The van der Waals surface area contributed by atoms with Crippen LogP contribution in [0.4, 0.5) is 0 Å². The number of aryl methyl sites for hydroxylation is 2. The molecule has 3 heteroatoms. The van der Waals surface area contributed by atoms with Crippen molar-refractivity contribution < 1.29 is 9.53 Å². The molecule has 0 heterocycles. The monoisotopic (exact) mass is 294 g/mol. The van der Waals surface area contributed by atoms with Gasteiger partial charge in [-0.2, -0.15) is 0 Å². The Balaban J connectivity index is 2.02. The Hall–Kier alpha value is -1.02. The van der Waals surface area contributed by atoms with Gasteiger partial charge in [-0.3, -0.25) is 4.79 Å². The lowest BCUT2D eigenvalue weighted by atomic mass is 9.96. The number of ether oxygens (including phenoxy) is 1. The van der Waals surface area contributed by atoms with E-state index in [1.54, 1.807) is 7.11 Å². The first-order chi connectivity index (χ1) is 9.65. The van der Waals surface area contributed by atoms with E-state index in [9.17, 15) is 4.79 Å². The van der Waals surface area contributed by atoms with Crippen LogP contribution in [0.15, 0.2) is 12.1 Å². The molecule has 2 rings (SSSR count). The number of hydrogen-bond acceptors (Lipinski definition) is 2. The van der Waals surface area contributed by atoms with E-state index in [-0.39, 0.29) is 0 Å². The van der Waals surface area contributed by atoms with Gasteiger partial charge in [0.05, 0.1) is 12.1 Å². The summed E-state index contributed by atoms with van der Waals surface area (Å²) in [5.74, 6) is 1.50. The van der Waals surface area contributed by atoms with Crippen molar-refractivity contribution in [1.82, 2.24) is 0 Å². The van der Waals surface area contributed by atoms with Crippen molar-refractivity contribution in [3.63, 3.8) is 0 Å². The molecule has 0 unspecified atom stereocenters. The number of methoxy groups -OCH3 is 1. The fourth-order valence-corrected chi connectivity index (χ4v) is 3.41. The van der Waals surface area contributed by atoms with Gasteiger partial charge in [0.15, 0.2) is 0 Å². The number of carbonyl (C=O) groups is 1. The van der Waals surface area contributed by atoms with Gasteiger partial charge in [-0.15, -0.1) is 0 Å². The summed E-state index contributed by atoms with van der Waals surface area (Å²) in [6, 6.07) is 4.05. The van der Waals surface area contributed by atoms with Crippen LogP contribution >= 0.6 is 11.6 Å². The maximum atomic E-state index is 12.1. The molecule has 0 spiro atoms. The first-order valence-electron chi connectivity index (χ1n) is 7.53. The largest absolute Gasteiger partial charge is 0.495 e. The maximum absolute atomic E-state index is 12.1. The molecule has 1 aliphatic carbocycles. The van der Waals surface area contributed by atoms with Crippen molar-refractivity contribution in [3.8, 4) is 5.75 Å². The van der Waals surface area contributed by atoms with Crippen molar-refractivity contribution in [3.05, 3.63) is 28.3 Å². The van der Waals surface area contributed by atoms with E-state index in [2.05, 4.69) is 13.0 Å². The summed E-state index contributed by atoms with van der Waals surface area (Å²) < 4.78 is 5.33. The van der Waals surface area contributed by atoms with Crippen molar-refractivity contribution in [2.75, 3.05) is 7.11 Å². The average Bonchev–Trinajstić information content (AvgIpc) is 2.98. The fourth-order valence-electron chi connectivity index (χ4n) is 3.07. The van der Waals surface area contributed by atoms with Crippen molar-refractivity contribution >= 4 is 17.4 Å². The number of benzene rings is 1. The standard InChI is InChI=1S/C17H23ClO2/c1-3-13-10-12(11-15(18)17(13)20-2)8-9-16(19)14-6-4-5-7-14/h10-11,14H,3-9H2,1-2H3. The van der Waals surface area contributed by atoms with Crippen LogP contribution in [-0.4, -0.2) is 12.9 Å². The van der Waals surface area contributed by atoms with E-state index in [1.807, 2.05) is 6.07 Å². The summed E-state index contributed by atoms with van der Waals surface area (Å²) in [4.78, 5) is 12.1. The minimum Gasteiger partial charge on any atom is -0.495 e. The summed E-state index contributed by atoms with van der Waals surface area (Å²) >= 11 is 6.25. The minimum atomic E-state index is 0.314. The van der Waals surface area contributed by atoms with Gasteiger partial charge in [-0.05, 0) is 42.9 Å². The molecular weight excluding hydrogens is 272 g/mol. The highest BCUT2D eigenvalue weighted by Gasteiger charge is 2.22. The third kappa shape index (κ3) is 3.54. The molecule has 0 aliphatic heterocycles. The van der Waals surface area contributed by atoms with Crippen molar-refractivity contribution in [2.45, 2.75) is 51.9 Å². The van der Waals surface area contributed by atoms with Gasteiger partial charge in [0.25, 0.3) is 0 Å². The molecule has 1 saturated carbocycles. The summed E-state index contributed by atoms with van der Waals surface area (Å²) in [5, 5.41) is 0.648. The van der Waals surface area contributed by atoms with Crippen LogP contribution in [0.2, 0.25) is 5.02 Å². The molecule has 0 aromatic heterocycles. The number of halogens is 1. The van der Waals surface area contributed by atoms with Crippen molar-refractivity contribution in [2.24, 2.45) is 5.92 Å². The van der Waals surface area contributed by atoms with E-state index < -0.39 is 0 Å². The van der Waals surface area contributed by atoms with E-state index >= 15 is 0 Å². The lowest BCUT2D eigenvalue weighted by Gasteiger charge is -2.12. The third-order valence-corrected chi connectivity index (χ3v) is 4.52. The van der Waals surface area contributed by atoms with Crippen LogP contribution in [0.1, 0.15) is 50.2 Å². The van der Waals surface area contributed by atoms with Crippen LogP contribution in [0.3, 0.4) is 0 Å². The molecule has 0 atom stereocenters. The Kier molecular flexibility index (Phi) is 5.47. The summed E-state index contributed by atoms with van der Waals surface area (Å²) in [6.07, 6.45) is 6.90. The number of ketones is 1. The highest BCUT2D eigenvalue weighted by Crippen LogP contribution is 2.32. The molecule has 2 nitrogen and oxygen atoms in total. The normalized spacial score (nSPS) is 15.6. The van der Waals surface area contributed by atoms with E-state index in [4.69, 9.17) is 16.3 Å². The van der Waals surface area contributed by atoms with Gasteiger partial charge < -0.3 is 4.74 Å². The highest BCUT2D eigenvalue weighted by molar-refractivity contribution is 6.32. The van der Waals surface area contributed by atoms with E-state index in [0.717, 1.165) is 42.6 Å². The van der Waals surface area contributed by atoms with Gasteiger partial charge in [-0.25, -0.2) is 0 Å². The van der Waals surface area contributed by atoms with Gasteiger partial charge in [-0.1, -0.05) is 37.4 Å². The summed E-state index contributed by atoms with van der Waals surface area (Å²) in [6.45, 7) is 2.08. The first-order valence-corrected chi connectivity index (χ1v) is 7.91. The second-order valence-electron chi connectivity index (χ2n) is 5.57. The van der Waals surface area contributed by atoms with Crippen LogP contribution in [0.5, 0.6) is 5.75 Å². The van der Waals surface area contributed by atoms with Crippen LogP contribution in [0.25, 0.3) is 0 Å². The van der Waals surface area contributed by atoms with Gasteiger partial charge >= 0.3 is 0 Å². The topological polar surface area (TPSA) is 26.3 Å². The molecule has 1 aromatic carbocycles. The Labute approximate surface area is 126 Å². The van der Waals surface area contributed by atoms with Gasteiger partial charge in [0, 0.05) is 12.3 Å². The lowest BCUT2D eigenvalue weighted by Crippen LogP contribution is -2.11. The van der Waals surface area contributed by atoms with Crippen molar-refractivity contribution in [1.29, 1.82) is 0 Å². The fraction of sp³-hybridized carbons (Fsp3) is 0.588. The molecule has 1 aliphatic rings. The zero-order chi connectivity index (χ0) is 14.5. The lowest BCUT2D eigenvalue weighted by molar-refractivity contribution is -0.122. The zero-order valence-electron chi connectivity index (χ0n) is 12.4. The second kappa shape index (κ2) is 7.12. The smallest absolute Gasteiger partial charge is 0.140 e. The molecule has 1 fully saturated rings. The number of Topliss-reactive ketones (excluding diaryl/α,β-unsaturated/α-hetero) is 1. The number of rotatable bonds is 6.